The largest absolute Gasteiger partial charge is 0.469 e. The third-order valence-electron chi connectivity index (χ3n) is 3.18. The Hall–Kier alpha value is -1.56. The van der Waals surface area contributed by atoms with Gasteiger partial charge < -0.3 is 15.4 Å². The zero-order valence-corrected chi connectivity index (χ0v) is 12.1. The number of hydrogen-bond donors (Lipinski definition) is 1. The summed E-state index contributed by atoms with van der Waals surface area (Å²) in [5.74, 6) is -0.595. The Morgan fingerprint density at radius 1 is 1.42 bits per heavy atom. The molecule has 1 saturated heterocycles. The van der Waals surface area contributed by atoms with E-state index in [1.807, 2.05) is 0 Å². The Morgan fingerprint density at radius 2 is 2.16 bits per heavy atom. The number of halogens is 1. The van der Waals surface area contributed by atoms with Gasteiger partial charge in [-0.05, 0) is 24.6 Å². The molecule has 1 aliphatic rings. The number of nitrogen functional groups attached to an aromatic ring is 1. The molecular weight excluding hydrogens is 312 g/mol. The zero-order chi connectivity index (χ0) is 14.0. The zero-order valence-electron chi connectivity index (χ0n) is 10.6. The Labute approximate surface area is 119 Å². The molecule has 2 rings (SSSR count). The first-order valence-electron chi connectivity index (χ1n) is 5.94. The SMILES string of the molecule is COC(=O)C1CCN(C(=O)c2cc(N)cc(Br)c2)C1. The number of likely N-dealkylation sites (tertiary alicyclic amines) is 1. The van der Waals surface area contributed by atoms with Crippen molar-refractivity contribution in [1.82, 2.24) is 4.90 Å². The van der Waals surface area contributed by atoms with Crippen molar-refractivity contribution in [3.8, 4) is 0 Å². The van der Waals surface area contributed by atoms with Gasteiger partial charge in [0.15, 0.2) is 0 Å². The van der Waals surface area contributed by atoms with Gasteiger partial charge in [0.2, 0.25) is 0 Å². The van der Waals surface area contributed by atoms with Crippen molar-refractivity contribution < 1.29 is 14.3 Å². The van der Waals surface area contributed by atoms with Crippen LogP contribution in [0, 0.1) is 5.92 Å². The number of hydrogen-bond acceptors (Lipinski definition) is 4. The first-order valence-corrected chi connectivity index (χ1v) is 6.73. The fourth-order valence-corrected chi connectivity index (χ4v) is 2.73. The molecule has 0 saturated carbocycles. The quantitative estimate of drug-likeness (QED) is 0.662. The van der Waals surface area contributed by atoms with Crippen molar-refractivity contribution in [3.63, 3.8) is 0 Å². The Balaban J connectivity index is 2.11. The summed E-state index contributed by atoms with van der Waals surface area (Å²) in [7, 11) is 1.36. The highest BCUT2D eigenvalue weighted by atomic mass is 79.9. The third kappa shape index (κ3) is 3.07. The molecule has 1 aromatic carbocycles. The van der Waals surface area contributed by atoms with Gasteiger partial charge >= 0.3 is 5.97 Å². The van der Waals surface area contributed by atoms with Crippen LogP contribution in [0.2, 0.25) is 0 Å². The van der Waals surface area contributed by atoms with Crippen LogP contribution in [0.1, 0.15) is 16.8 Å². The lowest BCUT2D eigenvalue weighted by atomic mass is 10.1. The van der Waals surface area contributed by atoms with Crippen molar-refractivity contribution >= 4 is 33.5 Å². The molecule has 1 atom stereocenters. The molecule has 0 spiro atoms. The minimum absolute atomic E-state index is 0.112. The average molecular weight is 327 g/mol. The first-order chi connectivity index (χ1) is 9.01. The molecule has 0 aliphatic carbocycles. The van der Waals surface area contributed by atoms with Crippen molar-refractivity contribution in [1.29, 1.82) is 0 Å². The third-order valence-corrected chi connectivity index (χ3v) is 3.63. The molecule has 0 bridgehead atoms. The smallest absolute Gasteiger partial charge is 0.310 e. The molecule has 1 aromatic rings. The van der Waals surface area contributed by atoms with E-state index >= 15 is 0 Å². The van der Waals surface area contributed by atoms with E-state index in [-0.39, 0.29) is 17.8 Å². The molecule has 0 aromatic heterocycles. The predicted molar refractivity (Wildman–Crippen MR) is 74.6 cm³/mol. The Kier molecular flexibility index (Phi) is 4.09. The topological polar surface area (TPSA) is 72.6 Å². The summed E-state index contributed by atoms with van der Waals surface area (Å²) < 4.78 is 5.47. The lowest BCUT2D eigenvalue weighted by Crippen LogP contribution is -2.30. The fourth-order valence-electron chi connectivity index (χ4n) is 2.22. The summed E-state index contributed by atoms with van der Waals surface area (Å²) in [5, 5.41) is 0. The average Bonchev–Trinajstić information content (AvgIpc) is 2.85. The number of carbonyl (C=O) groups excluding carboxylic acids is 2. The highest BCUT2D eigenvalue weighted by Crippen LogP contribution is 2.23. The summed E-state index contributed by atoms with van der Waals surface area (Å²) in [6, 6.07) is 5.10. The van der Waals surface area contributed by atoms with E-state index in [9.17, 15) is 9.59 Å². The van der Waals surface area contributed by atoms with E-state index in [1.54, 1.807) is 23.1 Å². The molecule has 1 aliphatic heterocycles. The van der Waals surface area contributed by atoms with Gasteiger partial charge in [-0.25, -0.2) is 0 Å². The molecular formula is C13H15BrN2O3. The van der Waals surface area contributed by atoms with Crippen molar-refractivity contribution in [2.45, 2.75) is 6.42 Å². The van der Waals surface area contributed by atoms with Gasteiger partial charge in [0.25, 0.3) is 5.91 Å². The second-order valence-electron chi connectivity index (χ2n) is 4.53. The van der Waals surface area contributed by atoms with Crippen LogP contribution < -0.4 is 5.73 Å². The molecule has 1 unspecified atom stereocenters. The Morgan fingerprint density at radius 3 is 2.79 bits per heavy atom. The minimum atomic E-state index is -0.260. The highest BCUT2D eigenvalue weighted by molar-refractivity contribution is 9.10. The Bertz CT molecular complexity index is 498. The second kappa shape index (κ2) is 5.61. The summed E-state index contributed by atoms with van der Waals surface area (Å²) in [6.45, 7) is 0.961. The van der Waals surface area contributed by atoms with Crippen LogP contribution >= 0.6 is 15.9 Å². The maximum absolute atomic E-state index is 12.3. The summed E-state index contributed by atoms with van der Waals surface area (Å²) >= 11 is 3.31. The summed E-state index contributed by atoms with van der Waals surface area (Å²) in [6.07, 6.45) is 0.641. The van der Waals surface area contributed by atoms with Gasteiger partial charge in [-0.2, -0.15) is 0 Å². The molecule has 19 heavy (non-hydrogen) atoms. The number of benzene rings is 1. The van der Waals surface area contributed by atoms with Gasteiger partial charge in [0.05, 0.1) is 13.0 Å². The number of esters is 1. The number of rotatable bonds is 2. The first kappa shape index (κ1) is 13.9. The van der Waals surface area contributed by atoms with Crippen LogP contribution in [0.4, 0.5) is 5.69 Å². The van der Waals surface area contributed by atoms with Crippen LogP contribution in [0.25, 0.3) is 0 Å². The predicted octanol–water partition coefficient (Wildman–Crippen LogP) is 1.67. The van der Waals surface area contributed by atoms with Gasteiger partial charge in [-0.1, -0.05) is 15.9 Å². The second-order valence-corrected chi connectivity index (χ2v) is 5.45. The van der Waals surface area contributed by atoms with Crippen LogP contribution in [0.5, 0.6) is 0 Å². The van der Waals surface area contributed by atoms with Gasteiger partial charge in [0, 0.05) is 28.8 Å². The van der Waals surface area contributed by atoms with Crippen molar-refractivity contribution in [2.75, 3.05) is 25.9 Å². The number of anilines is 1. The minimum Gasteiger partial charge on any atom is -0.469 e. The number of nitrogens with zero attached hydrogens (tertiary/aromatic N) is 1. The maximum Gasteiger partial charge on any atom is 0.310 e. The van der Waals surface area contributed by atoms with E-state index in [0.717, 1.165) is 4.47 Å². The van der Waals surface area contributed by atoms with E-state index in [2.05, 4.69) is 15.9 Å². The lowest BCUT2D eigenvalue weighted by molar-refractivity contribution is -0.144. The number of nitrogens with two attached hydrogens (primary N) is 1. The lowest BCUT2D eigenvalue weighted by Gasteiger charge is -2.16. The van der Waals surface area contributed by atoms with Crippen LogP contribution in [-0.2, 0) is 9.53 Å². The summed E-state index contributed by atoms with van der Waals surface area (Å²) in [5.41, 5.74) is 6.77. The number of methoxy groups -OCH3 is 1. The molecule has 102 valence electrons. The number of ether oxygens (including phenoxy) is 1. The maximum atomic E-state index is 12.3. The number of amides is 1. The van der Waals surface area contributed by atoms with Crippen molar-refractivity contribution in [2.24, 2.45) is 5.92 Å². The van der Waals surface area contributed by atoms with E-state index in [4.69, 9.17) is 10.5 Å². The van der Waals surface area contributed by atoms with Crippen molar-refractivity contribution in [3.05, 3.63) is 28.2 Å². The molecule has 5 nitrogen and oxygen atoms in total. The normalized spacial score (nSPS) is 18.4. The molecule has 0 radical (unpaired) electrons. The van der Waals surface area contributed by atoms with Crippen LogP contribution in [0.3, 0.4) is 0 Å². The van der Waals surface area contributed by atoms with Crippen LogP contribution in [-0.4, -0.2) is 37.0 Å². The van der Waals surface area contributed by atoms with Gasteiger partial charge in [-0.3, -0.25) is 9.59 Å². The molecule has 2 N–H and O–H groups in total. The number of carbonyl (C=O) groups is 2. The van der Waals surface area contributed by atoms with Gasteiger partial charge in [-0.15, -0.1) is 0 Å². The van der Waals surface area contributed by atoms with Crippen LogP contribution in [0.15, 0.2) is 22.7 Å². The molecule has 6 heteroatoms. The van der Waals surface area contributed by atoms with E-state index in [0.29, 0.717) is 30.8 Å². The van der Waals surface area contributed by atoms with E-state index in [1.165, 1.54) is 7.11 Å². The molecule has 1 heterocycles. The molecule has 1 fully saturated rings. The highest BCUT2D eigenvalue weighted by Gasteiger charge is 2.32. The standard InChI is InChI=1S/C13H15BrN2O3/c1-19-13(18)8-2-3-16(7-8)12(17)9-4-10(14)6-11(15)5-9/h4-6,8H,2-3,7,15H2,1H3. The van der Waals surface area contributed by atoms with E-state index < -0.39 is 0 Å². The monoisotopic (exact) mass is 326 g/mol. The van der Waals surface area contributed by atoms with Gasteiger partial charge in [0.1, 0.15) is 0 Å². The molecule has 1 amide bonds. The fraction of sp³-hybridized carbons (Fsp3) is 0.385. The summed E-state index contributed by atoms with van der Waals surface area (Å²) in [4.78, 5) is 25.4.